The van der Waals surface area contributed by atoms with Crippen LogP contribution in [-0.4, -0.2) is 9.55 Å². The van der Waals surface area contributed by atoms with Crippen LogP contribution in [0.25, 0.3) is 71.8 Å². The first-order valence-corrected chi connectivity index (χ1v) is 12.7. The van der Waals surface area contributed by atoms with Gasteiger partial charge in [-0.3, -0.25) is 0 Å². The summed E-state index contributed by atoms with van der Waals surface area (Å²) in [5.41, 5.74) is 9.37. The van der Waals surface area contributed by atoms with Gasteiger partial charge in [-0.1, -0.05) is 66.7 Å². The van der Waals surface area contributed by atoms with Crippen LogP contribution in [0.5, 0.6) is 0 Å². The Hall–Kier alpha value is -4.50. The minimum atomic E-state index is 0. The molecule has 0 amide bonds. The van der Waals surface area contributed by atoms with Crippen molar-refractivity contribution in [3.8, 4) is 28.1 Å². The quantitative estimate of drug-likeness (QED) is 0.175. The van der Waals surface area contributed by atoms with E-state index in [0.29, 0.717) is 0 Å². The number of benzene rings is 5. The number of aromatic nitrogens is 2. The van der Waals surface area contributed by atoms with Crippen LogP contribution in [0.2, 0.25) is 0 Å². The first-order chi connectivity index (χ1) is 18.8. The predicted octanol–water partition coefficient (Wildman–Crippen LogP) is 9.21. The zero-order valence-electron chi connectivity index (χ0n) is 20.8. The fraction of sp³-hybridized carbons (Fsp3) is 0. The maximum atomic E-state index is 6.40. The summed E-state index contributed by atoms with van der Waals surface area (Å²) in [6.45, 7) is 0. The Labute approximate surface area is 238 Å². The van der Waals surface area contributed by atoms with E-state index in [0.717, 1.165) is 49.9 Å². The topological polar surface area (TPSA) is 31.0 Å². The van der Waals surface area contributed by atoms with Crippen LogP contribution in [0, 0.1) is 6.07 Å². The van der Waals surface area contributed by atoms with Crippen LogP contribution >= 0.6 is 0 Å². The molecular formula is C35H21IrN2O-. The average Bonchev–Trinajstić information content (AvgIpc) is 3.51. The summed E-state index contributed by atoms with van der Waals surface area (Å²) in [5, 5.41) is 4.67. The van der Waals surface area contributed by atoms with Crippen molar-refractivity contribution >= 4 is 43.7 Å². The summed E-state index contributed by atoms with van der Waals surface area (Å²) in [4.78, 5) is 4.53. The summed E-state index contributed by atoms with van der Waals surface area (Å²) < 4.78 is 8.71. The van der Waals surface area contributed by atoms with Gasteiger partial charge in [0.2, 0.25) is 0 Å². The van der Waals surface area contributed by atoms with Crippen LogP contribution in [0.4, 0.5) is 0 Å². The molecule has 0 fully saturated rings. The molecule has 3 nitrogen and oxygen atoms in total. The number of para-hydroxylation sites is 1. The Morgan fingerprint density at radius 1 is 0.590 bits per heavy atom. The van der Waals surface area contributed by atoms with Gasteiger partial charge in [0.05, 0.1) is 11.0 Å². The van der Waals surface area contributed by atoms with E-state index in [4.69, 9.17) is 4.42 Å². The predicted molar refractivity (Wildman–Crippen MR) is 156 cm³/mol. The third kappa shape index (κ3) is 3.80. The fourth-order valence-electron chi connectivity index (χ4n) is 5.59. The van der Waals surface area contributed by atoms with E-state index < -0.39 is 0 Å². The van der Waals surface area contributed by atoms with Gasteiger partial charge in [-0.2, -0.15) is 0 Å². The smallest absolute Gasteiger partial charge is 0.137 e. The molecule has 0 atom stereocenters. The van der Waals surface area contributed by atoms with Crippen molar-refractivity contribution in [3.63, 3.8) is 0 Å². The molecular weight excluding hydrogens is 657 g/mol. The Morgan fingerprint density at radius 2 is 1.41 bits per heavy atom. The van der Waals surface area contributed by atoms with Gasteiger partial charge in [0.25, 0.3) is 0 Å². The van der Waals surface area contributed by atoms with E-state index in [1.807, 2.05) is 36.5 Å². The molecule has 0 aliphatic carbocycles. The Kier molecular flexibility index (Phi) is 5.66. The second-order valence-corrected chi connectivity index (χ2v) is 9.57. The summed E-state index contributed by atoms with van der Waals surface area (Å²) in [6.07, 6.45) is 1.82. The van der Waals surface area contributed by atoms with Crippen molar-refractivity contribution in [1.82, 2.24) is 9.55 Å². The van der Waals surface area contributed by atoms with Crippen LogP contribution in [0.3, 0.4) is 0 Å². The summed E-state index contributed by atoms with van der Waals surface area (Å²) in [7, 11) is 0. The molecule has 0 saturated heterocycles. The molecule has 0 unspecified atom stereocenters. The molecule has 3 aromatic heterocycles. The molecule has 0 bridgehead atoms. The molecule has 0 aliphatic heterocycles. The van der Waals surface area contributed by atoms with Crippen LogP contribution in [0.1, 0.15) is 0 Å². The molecule has 8 aromatic rings. The number of pyridine rings is 1. The molecule has 8 rings (SSSR count). The monoisotopic (exact) mass is 678 g/mol. The number of hydrogen-bond donors (Lipinski definition) is 0. The molecule has 0 spiro atoms. The summed E-state index contributed by atoms with van der Waals surface area (Å²) in [6, 6.07) is 45.6. The van der Waals surface area contributed by atoms with Gasteiger partial charge in [-0.25, -0.2) is 0 Å². The Balaban J connectivity index is 0.00000253. The normalized spacial score (nSPS) is 11.4. The Morgan fingerprint density at radius 3 is 2.28 bits per heavy atom. The van der Waals surface area contributed by atoms with E-state index in [-0.39, 0.29) is 20.1 Å². The van der Waals surface area contributed by atoms with Gasteiger partial charge in [-0.05, 0) is 52.8 Å². The Bertz CT molecular complexity index is 2130. The molecule has 0 aliphatic rings. The second kappa shape index (κ2) is 9.36. The third-order valence-electron chi connectivity index (χ3n) is 7.35. The van der Waals surface area contributed by atoms with Gasteiger partial charge < -0.3 is 14.0 Å². The second-order valence-electron chi connectivity index (χ2n) is 9.57. The standard InChI is InChI=1S/C35H21N2O.Ir/c1-2-9-23(10-3-1)24-16-17-34-29(20-24)30-21-28-27-13-4-5-15-32(27)37(33(28)22-35(30)38-34)26-12-8-11-25(19-26)31-14-6-7-18-36-31;/h1-10,12-22H;/q-1;. The minimum absolute atomic E-state index is 0. The molecule has 187 valence electrons. The molecule has 0 N–H and O–H groups in total. The number of fused-ring (bicyclic) bond motifs is 6. The summed E-state index contributed by atoms with van der Waals surface area (Å²) >= 11 is 0. The van der Waals surface area contributed by atoms with Crippen molar-refractivity contribution in [2.75, 3.05) is 0 Å². The summed E-state index contributed by atoms with van der Waals surface area (Å²) in [5.74, 6) is 0. The average molecular weight is 678 g/mol. The third-order valence-corrected chi connectivity index (χ3v) is 7.35. The maximum Gasteiger partial charge on any atom is 0.137 e. The van der Waals surface area contributed by atoms with Crippen LogP contribution in [-0.2, 0) is 20.1 Å². The van der Waals surface area contributed by atoms with Crippen molar-refractivity contribution < 1.29 is 24.5 Å². The number of rotatable bonds is 3. The first kappa shape index (κ1) is 23.6. The van der Waals surface area contributed by atoms with Crippen LogP contribution in [0.15, 0.2) is 132 Å². The van der Waals surface area contributed by atoms with Gasteiger partial charge in [0.1, 0.15) is 11.2 Å². The molecule has 1 radical (unpaired) electrons. The van der Waals surface area contributed by atoms with E-state index in [1.54, 1.807) is 0 Å². The largest absolute Gasteiger partial charge is 0.456 e. The van der Waals surface area contributed by atoms with Gasteiger partial charge >= 0.3 is 0 Å². The van der Waals surface area contributed by atoms with Crippen molar-refractivity contribution in [3.05, 3.63) is 134 Å². The number of hydrogen-bond acceptors (Lipinski definition) is 2. The number of nitrogens with zero attached hydrogens (tertiary/aromatic N) is 2. The van der Waals surface area contributed by atoms with Crippen LogP contribution < -0.4 is 0 Å². The van der Waals surface area contributed by atoms with E-state index in [9.17, 15) is 0 Å². The number of furan rings is 1. The molecule has 5 aromatic carbocycles. The van der Waals surface area contributed by atoms with Gasteiger partial charge in [0, 0.05) is 53.9 Å². The molecule has 0 saturated carbocycles. The van der Waals surface area contributed by atoms with E-state index in [1.165, 1.54) is 21.9 Å². The fourth-order valence-corrected chi connectivity index (χ4v) is 5.59. The molecule has 4 heteroatoms. The van der Waals surface area contributed by atoms with Crippen molar-refractivity contribution in [2.45, 2.75) is 0 Å². The van der Waals surface area contributed by atoms with E-state index in [2.05, 4.69) is 107 Å². The zero-order chi connectivity index (χ0) is 25.1. The molecule has 3 heterocycles. The maximum absolute atomic E-state index is 6.40. The van der Waals surface area contributed by atoms with E-state index >= 15 is 0 Å². The zero-order valence-corrected chi connectivity index (χ0v) is 23.2. The SMILES string of the molecule is [Ir].[c-]1ccc(-n2c3ccccc3c3cc4c(cc32)oc2ccc(-c3ccccc3)cc24)cc1-c1ccccn1. The van der Waals surface area contributed by atoms with Gasteiger partial charge in [-0.15, -0.1) is 29.8 Å². The first-order valence-electron chi connectivity index (χ1n) is 12.7. The van der Waals surface area contributed by atoms with Crippen molar-refractivity contribution in [1.29, 1.82) is 0 Å². The van der Waals surface area contributed by atoms with Crippen molar-refractivity contribution in [2.24, 2.45) is 0 Å². The minimum Gasteiger partial charge on any atom is -0.456 e. The van der Waals surface area contributed by atoms with Gasteiger partial charge in [0.15, 0.2) is 0 Å². The molecule has 39 heavy (non-hydrogen) atoms.